The molecule has 0 aliphatic carbocycles. The highest BCUT2D eigenvalue weighted by atomic mass is 79.9. The molecule has 4 rings (SSSR count). The minimum atomic E-state index is -0.454. The maximum absolute atomic E-state index is 12.6. The molecule has 3 heterocycles. The van der Waals surface area contributed by atoms with Gasteiger partial charge in [0.25, 0.3) is 5.91 Å². The van der Waals surface area contributed by atoms with Gasteiger partial charge in [0, 0.05) is 19.5 Å². The average Bonchev–Trinajstić information content (AvgIpc) is 3.38. The summed E-state index contributed by atoms with van der Waals surface area (Å²) in [6, 6.07) is 13.3. The predicted molar refractivity (Wildman–Crippen MR) is 107 cm³/mol. The van der Waals surface area contributed by atoms with Gasteiger partial charge in [-0.05, 0) is 52.9 Å². The van der Waals surface area contributed by atoms with Crippen LogP contribution in [0.1, 0.15) is 47.3 Å². The van der Waals surface area contributed by atoms with Crippen LogP contribution in [0.15, 0.2) is 56.0 Å². The lowest BCUT2D eigenvalue weighted by Gasteiger charge is -2.24. The van der Waals surface area contributed by atoms with Gasteiger partial charge in [-0.1, -0.05) is 35.4 Å². The minimum absolute atomic E-state index is 0.223. The van der Waals surface area contributed by atoms with Gasteiger partial charge in [0.2, 0.25) is 5.89 Å². The molecule has 2 aromatic heterocycles. The lowest BCUT2D eigenvalue weighted by molar-refractivity contribution is 0.0900. The molecule has 1 N–H and O–H groups in total. The summed E-state index contributed by atoms with van der Waals surface area (Å²) in [5.74, 6) is 0.286. The van der Waals surface area contributed by atoms with Gasteiger partial charge in [-0.15, -0.1) is 5.10 Å². The summed E-state index contributed by atoms with van der Waals surface area (Å²) >= 11 is 3.22. The van der Waals surface area contributed by atoms with Crippen molar-refractivity contribution in [1.29, 1.82) is 0 Å². The molecule has 1 amide bonds. The fourth-order valence-corrected chi connectivity index (χ4v) is 3.60. The van der Waals surface area contributed by atoms with Crippen LogP contribution in [0.5, 0.6) is 0 Å². The van der Waals surface area contributed by atoms with E-state index >= 15 is 0 Å². The van der Waals surface area contributed by atoms with E-state index in [4.69, 9.17) is 8.83 Å². The Bertz CT molecular complexity index is 918. The number of benzene rings is 1. The number of amides is 1. The second kappa shape index (κ2) is 8.60. The zero-order valence-electron chi connectivity index (χ0n) is 15.3. The number of carbonyl (C=O) groups is 1. The molecular weight excluding hydrogens is 424 g/mol. The molecule has 1 saturated heterocycles. The maximum atomic E-state index is 12.6. The summed E-state index contributed by atoms with van der Waals surface area (Å²) in [5.41, 5.74) is 1.06. The molecule has 0 saturated carbocycles. The number of hydrogen-bond donors (Lipinski definition) is 1. The lowest BCUT2D eigenvalue weighted by Crippen LogP contribution is -2.30. The highest BCUT2D eigenvalue weighted by Crippen LogP contribution is 2.24. The topological polar surface area (TPSA) is 84.4 Å². The summed E-state index contributed by atoms with van der Waals surface area (Å²) in [6.45, 7) is 1.83. The fourth-order valence-electron chi connectivity index (χ4n) is 3.30. The van der Waals surface area contributed by atoms with Gasteiger partial charge in [0.1, 0.15) is 6.04 Å². The largest absolute Gasteiger partial charge is 0.444 e. The molecule has 0 spiro atoms. The highest BCUT2D eigenvalue weighted by molar-refractivity contribution is 9.10. The van der Waals surface area contributed by atoms with Crippen molar-refractivity contribution in [3.63, 3.8) is 0 Å². The molecule has 8 heteroatoms. The number of nitrogens with zero attached hydrogens (tertiary/aromatic N) is 3. The van der Waals surface area contributed by atoms with Gasteiger partial charge in [0.15, 0.2) is 10.4 Å². The Hall–Kier alpha value is -2.61. The standard InChI is InChI=1S/C20H21BrN4O3/c21-17-10-9-16(27-17)18(26)22-15(13-14-7-3-1-4-8-14)19-23-24-20(28-19)25-11-5-2-6-12-25/h1,3-4,7-10,15H,2,5-6,11-13H2,(H,22,26)/t15-/m1/s1. The highest BCUT2D eigenvalue weighted by Gasteiger charge is 2.25. The van der Waals surface area contributed by atoms with Crippen LogP contribution >= 0.6 is 15.9 Å². The maximum Gasteiger partial charge on any atom is 0.318 e. The van der Waals surface area contributed by atoms with E-state index < -0.39 is 6.04 Å². The zero-order valence-corrected chi connectivity index (χ0v) is 16.9. The Morgan fingerprint density at radius 3 is 2.57 bits per heavy atom. The van der Waals surface area contributed by atoms with E-state index in [1.807, 2.05) is 30.3 Å². The third-order valence-corrected chi connectivity index (χ3v) is 5.17. The Morgan fingerprint density at radius 1 is 1.07 bits per heavy atom. The molecule has 1 aliphatic rings. The Balaban J connectivity index is 1.55. The van der Waals surface area contributed by atoms with Gasteiger partial charge in [-0.3, -0.25) is 4.79 Å². The second-order valence-corrected chi connectivity index (χ2v) is 7.57. The van der Waals surface area contributed by atoms with Gasteiger partial charge in [-0.25, -0.2) is 0 Å². The number of furan rings is 1. The van der Waals surface area contributed by atoms with Crippen molar-refractivity contribution in [1.82, 2.24) is 15.5 Å². The first-order valence-electron chi connectivity index (χ1n) is 9.37. The first kappa shape index (κ1) is 18.7. The van der Waals surface area contributed by atoms with Crippen LogP contribution < -0.4 is 10.2 Å². The van der Waals surface area contributed by atoms with Crippen molar-refractivity contribution >= 4 is 27.9 Å². The first-order chi connectivity index (χ1) is 13.7. The Morgan fingerprint density at radius 2 is 1.86 bits per heavy atom. The number of nitrogens with one attached hydrogen (secondary N) is 1. The molecular formula is C20H21BrN4O3. The number of rotatable bonds is 6. The van der Waals surface area contributed by atoms with Gasteiger partial charge in [0.05, 0.1) is 0 Å². The first-order valence-corrected chi connectivity index (χ1v) is 10.2. The second-order valence-electron chi connectivity index (χ2n) is 6.79. The average molecular weight is 445 g/mol. The number of anilines is 1. The molecule has 28 heavy (non-hydrogen) atoms. The van der Waals surface area contributed by atoms with Crippen LogP contribution in [-0.2, 0) is 6.42 Å². The number of halogens is 1. The summed E-state index contributed by atoms with van der Waals surface area (Å²) in [4.78, 5) is 14.7. The van der Waals surface area contributed by atoms with Crippen LogP contribution in [0.25, 0.3) is 0 Å². The molecule has 0 bridgehead atoms. The smallest absolute Gasteiger partial charge is 0.318 e. The molecule has 146 valence electrons. The van der Waals surface area contributed by atoms with Crippen molar-refractivity contribution < 1.29 is 13.6 Å². The minimum Gasteiger partial charge on any atom is -0.444 e. The van der Waals surface area contributed by atoms with Crippen LogP contribution in [0, 0.1) is 0 Å². The van der Waals surface area contributed by atoms with Crippen molar-refractivity contribution in [2.75, 3.05) is 18.0 Å². The van der Waals surface area contributed by atoms with Crippen molar-refractivity contribution in [3.8, 4) is 0 Å². The molecule has 0 radical (unpaired) electrons. The summed E-state index contributed by atoms with van der Waals surface area (Å²) in [7, 11) is 0. The van der Waals surface area contributed by atoms with Crippen molar-refractivity contribution in [2.24, 2.45) is 0 Å². The van der Waals surface area contributed by atoms with E-state index in [0.717, 1.165) is 31.5 Å². The van der Waals surface area contributed by atoms with E-state index in [9.17, 15) is 4.79 Å². The van der Waals surface area contributed by atoms with Crippen LogP contribution in [0.4, 0.5) is 6.01 Å². The molecule has 1 atom stereocenters. The molecule has 1 aromatic carbocycles. The monoisotopic (exact) mass is 444 g/mol. The van der Waals surface area contributed by atoms with Crippen LogP contribution in [-0.4, -0.2) is 29.2 Å². The third-order valence-electron chi connectivity index (χ3n) is 4.74. The molecule has 3 aromatic rings. The van der Waals surface area contributed by atoms with E-state index in [-0.39, 0.29) is 11.7 Å². The van der Waals surface area contributed by atoms with Gasteiger partial charge in [-0.2, -0.15) is 0 Å². The predicted octanol–water partition coefficient (Wildman–Crippen LogP) is 4.13. The Kier molecular flexibility index (Phi) is 5.76. The normalized spacial score (nSPS) is 15.4. The lowest BCUT2D eigenvalue weighted by atomic mass is 10.1. The van der Waals surface area contributed by atoms with Crippen molar-refractivity contribution in [2.45, 2.75) is 31.7 Å². The molecule has 1 fully saturated rings. The van der Waals surface area contributed by atoms with Crippen LogP contribution in [0.2, 0.25) is 0 Å². The molecule has 7 nitrogen and oxygen atoms in total. The van der Waals surface area contributed by atoms with E-state index in [0.29, 0.717) is 23.0 Å². The van der Waals surface area contributed by atoms with E-state index in [1.165, 1.54) is 6.42 Å². The zero-order chi connectivity index (χ0) is 19.3. The summed E-state index contributed by atoms with van der Waals surface area (Å²) < 4.78 is 11.8. The van der Waals surface area contributed by atoms with E-state index in [2.05, 4.69) is 36.3 Å². The number of carbonyl (C=O) groups excluding carboxylic acids is 1. The van der Waals surface area contributed by atoms with Gasteiger partial charge >= 0.3 is 6.01 Å². The van der Waals surface area contributed by atoms with E-state index in [1.54, 1.807) is 12.1 Å². The third kappa shape index (κ3) is 4.44. The quantitative estimate of drug-likeness (QED) is 0.615. The van der Waals surface area contributed by atoms with Crippen LogP contribution in [0.3, 0.4) is 0 Å². The SMILES string of the molecule is O=C(N[C@H](Cc1ccccc1)c1nnc(N2CCCCC2)o1)c1ccc(Br)o1. The number of aromatic nitrogens is 2. The number of hydrogen-bond acceptors (Lipinski definition) is 6. The number of piperidine rings is 1. The Labute approximate surface area is 171 Å². The summed E-state index contributed by atoms with van der Waals surface area (Å²) in [5, 5.41) is 11.4. The molecule has 0 unspecified atom stereocenters. The van der Waals surface area contributed by atoms with Crippen molar-refractivity contribution in [3.05, 3.63) is 64.3 Å². The fraction of sp³-hybridized carbons (Fsp3) is 0.350. The summed E-state index contributed by atoms with van der Waals surface area (Å²) in [6.07, 6.45) is 4.00. The molecule has 1 aliphatic heterocycles. The van der Waals surface area contributed by atoms with Gasteiger partial charge < -0.3 is 19.1 Å².